The van der Waals surface area contributed by atoms with Gasteiger partial charge in [-0.1, -0.05) is 24.3 Å². The van der Waals surface area contributed by atoms with Gasteiger partial charge < -0.3 is 15.5 Å². The lowest BCUT2D eigenvalue weighted by Gasteiger charge is -2.13. The standard InChI is InChI=1S/C17H14FNO5/c18-13-6-4-10(5-7-13)11-2-1-3-12(8-11)16(22)19-14(17(23)24)9-15(20)21/h1-8,14H,9H2,(H,19,22)(H,20,21)(H,23,24)/t14-/m0/s1. The van der Waals surface area contributed by atoms with Gasteiger partial charge in [0.05, 0.1) is 6.42 Å². The van der Waals surface area contributed by atoms with Crippen LogP contribution in [0.3, 0.4) is 0 Å². The lowest BCUT2D eigenvalue weighted by atomic mass is 10.0. The molecule has 1 atom stereocenters. The van der Waals surface area contributed by atoms with Crippen molar-refractivity contribution in [3.05, 3.63) is 59.9 Å². The van der Waals surface area contributed by atoms with Crippen molar-refractivity contribution in [2.75, 3.05) is 0 Å². The fraction of sp³-hybridized carbons (Fsp3) is 0.118. The quantitative estimate of drug-likeness (QED) is 0.752. The highest BCUT2D eigenvalue weighted by Crippen LogP contribution is 2.20. The molecule has 0 radical (unpaired) electrons. The molecule has 24 heavy (non-hydrogen) atoms. The van der Waals surface area contributed by atoms with Crippen LogP contribution in [0.4, 0.5) is 4.39 Å². The van der Waals surface area contributed by atoms with Gasteiger partial charge >= 0.3 is 11.9 Å². The van der Waals surface area contributed by atoms with Crippen LogP contribution in [0.5, 0.6) is 0 Å². The van der Waals surface area contributed by atoms with Crippen molar-refractivity contribution >= 4 is 17.8 Å². The van der Waals surface area contributed by atoms with E-state index in [2.05, 4.69) is 5.32 Å². The van der Waals surface area contributed by atoms with Crippen LogP contribution < -0.4 is 5.32 Å². The molecule has 0 aliphatic carbocycles. The van der Waals surface area contributed by atoms with E-state index in [1.165, 1.54) is 24.3 Å². The average Bonchev–Trinajstić information content (AvgIpc) is 2.54. The second-order valence-corrected chi connectivity index (χ2v) is 5.05. The summed E-state index contributed by atoms with van der Waals surface area (Å²) in [6.45, 7) is 0. The predicted molar refractivity (Wildman–Crippen MR) is 83.0 cm³/mol. The van der Waals surface area contributed by atoms with E-state index in [1.54, 1.807) is 24.3 Å². The fourth-order valence-electron chi connectivity index (χ4n) is 2.10. The lowest BCUT2D eigenvalue weighted by molar-refractivity contribution is -0.145. The first-order valence-electron chi connectivity index (χ1n) is 6.98. The lowest BCUT2D eigenvalue weighted by Crippen LogP contribution is -2.42. The maximum Gasteiger partial charge on any atom is 0.326 e. The monoisotopic (exact) mass is 331 g/mol. The van der Waals surface area contributed by atoms with E-state index in [0.717, 1.165) is 0 Å². The Morgan fingerprint density at radius 3 is 2.25 bits per heavy atom. The molecule has 7 heteroatoms. The van der Waals surface area contributed by atoms with Crippen LogP contribution in [0.2, 0.25) is 0 Å². The van der Waals surface area contributed by atoms with Gasteiger partial charge in [0.1, 0.15) is 11.9 Å². The number of amides is 1. The molecule has 2 rings (SSSR count). The third-order valence-corrected chi connectivity index (χ3v) is 3.28. The highest BCUT2D eigenvalue weighted by atomic mass is 19.1. The van der Waals surface area contributed by atoms with Crippen molar-refractivity contribution in [2.45, 2.75) is 12.5 Å². The van der Waals surface area contributed by atoms with Crippen LogP contribution in [0.15, 0.2) is 48.5 Å². The summed E-state index contributed by atoms with van der Waals surface area (Å²) in [6.07, 6.45) is -0.723. The number of nitrogens with one attached hydrogen (secondary N) is 1. The van der Waals surface area contributed by atoms with E-state index < -0.39 is 30.3 Å². The van der Waals surface area contributed by atoms with Gasteiger partial charge in [-0.3, -0.25) is 9.59 Å². The Bertz CT molecular complexity index is 773. The third kappa shape index (κ3) is 4.39. The largest absolute Gasteiger partial charge is 0.481 e. The molecule has 0 saturated heterocycles. The summed E-state index contributed by atoms with van der Waals surface area (Å²) in [5.74, 6) is -3.85. The first-order valence-corrected chi connectivity index (χ1v) is 6.98. The van der Waals surface area contributed by atoms with Crippen LogP contribution in [0.1, 0.15) is 16.8 Å². The maximum absolute atomic E-state index is 13.0. The topological polar surface area (TPSA) is 104 Å². The zero-order valence-electron chi connectivity index (χ0n) is 12.4. The Morgan fingerprint density at radius 2 is 1.67 bits per heavy atom. The molecule has 2 aromatic rings. The van der Waals surface area contributed by atoms with Gasteiger partial charge in [0.2, 0.25) is 0 Å². The number of benzene rings is 2. The van der Waals surface area contributed by atoms with Crippen molar-refractivity contribution < 1.29 is 29.0 Å². The summed E-state index contributed by atoms with van der Waals surface area (Å²) in [6, 6.07) is 10.5. The van der Waals surface area contributed by atoms with Gasteiger partial charge in [-0.05, 0) is 35.4 Å². The smallest absolute Gasteiger partial charge is 0.326 e. The summed E-state index contributed by atoms with van der Waals surface area (Å²) < 4.78 is 13.0. The minimum Gasteiger partial charge on any atom is -0.481 e. The maximum atomic E-state index is 13.0. The number of hydrogen-bond donors (Lipinski definition) is 3. The predicted octanol–water partition coefficient (Wildman–Crippen LogP) is 2.15. The average molecular weight is 331 g/mol. The highest BCUT2D eigenvalue weighted by molar-refractivity contribution is 5.98. The Morgan fingerprint density at radius 1 is 1.00 bits per heavy atom. The molecule has 0 fully saturated rings. The summed E-state index contributed by atoms with van der Waals surface area (Å²) in [5.41, 5.74) is 1.51. The van der Waals surface area contributed by atoms with Crippen molar-refractivity contribution in [1.82, 2.24) is 5.32 Å². The Balaban J connectivity index is 2.21. The van der Waals surface area contributed by atoms with Crippen LogP contribution in [-0.2, 0) is 9.59 Å². The molecule has 0 aromatic heterocycles. The molecule has 0 aliphatic rings. The van der Waals surface area contributed by atoms with Crippen LogP contribution in [0, 0.1) is 5.82 Å². The number of carbonyl (C=O) groups excluding carboxylic acids is 1. The number of aliphatic carboxylic acids is 2. The summed E-state index contributed by atoms with van der Waals surface area (Å²) >= 11 is 0. The van der Waals surface area contributed by atoms with E-state index >= 15 is 0 Å². The van der Waals surface area contributed by atoms with Gasteiger partial charge in [-0.15, -0.1) is 0 Å². The highest BCUT2D eigenvalue weighted by Gasteiger charge is 2.23. The van der Waals surface area contributed by atoms with Gasteiger partial charge in [0.15, 0.2) is 0 Å². The fourth-order valence-corrected chi connectivity index (χ4v) is 2.10. The van der Waals surface area contributed by atoms with E-state index in [0.29, 0.717) is 11.1 Å². The Hall–Kier alpha value is -3.22. The molecule has 0 saturated carbocycles. The first kappa shape index (κ1) is 17.1. The van der Waals surface area contributed by atoms with Gasteiger partial charge in [0, 0.05) is 5.56 Å². The summed E-state index contributed by atoms with van der Waals surface area (Å²) in [5, 5.41) is 19.8. The van der Waals surface area contributed by atoms with Crippen LogP contribution >= 0.6 is 0 Å². The number of rotatable bonds is 6. The van der Waals surface area contributed by atoms with Crippen LogP contribution in [-0.4, -0.2) is 34.1 Å². The molecule has 0 heterocycles. The molecule has 0 unspecified atom stereocenters. The molecule has 6 nitrogen and oxygen atoms in total. The van der Waals surface area contributed by atoms with Gasteiger partial charge in [-0.2, -0.15) is 0 Å². The minimum absolute atomic E-state index is 0.175. The molecule has 2 aromatic carbocycles. The van der Waals surface area contributed by atoms with Crippen molar-refractivity contribution in [1.29, 1.82) is 0 Å². The number of carbonyl (C=O) groups is 3. The summed E-state index contributed by atoms with van der Waals surface area (Å²) in [4.78, 5) is 33.8. The first-order chi connectivity index (χ1) is 11.4. The van der Waals surface area contributed by atoms with Gasteiger partial charge in [-0.25, -0.2) is 9.18 Å². The van der Waals surface area contributed by atoms with E-state index in [9.17, 15) is 18.8 Å². The van der Waals surface area contributed by atoms with Crippen molar-refractivity contribution in [3.8, 4) is 11.1 Å². The summed E-state index contributed by atoms with van der Waals surface area (Å²) in [7, 11) is 0. The molecule has 0 spiro atoms. The van der Waals surface area contributed by atoms with Crippen molar-refractivity contribution in [3.63, 3.8) is 0 Å². The Kier molecular flexibility index (Phi) is 5.26. The molecular weight excluding hydrogens is 317 g/mol. The zero-order chi connectivity index (χ0) is 17.7. The van der Waals surface area contributed by atoms with E-state index in [4.69, 9.17) is 10.2 Å². The Labute approximate surface area is 136 Å². The second-order valence-electron chi connectivity index (χ2n) is 5.05. The third-order valence-electron chi connectivity index (χ3n) is 3.28. The molecule has 0 bridgehead atoms. The second kappa shape index (κ2) is 7.36. The normalized spacial score (nSPS) is 11.5. The van der Waals surface area contributed by atoms with Crippen molar-refractivity contribution in [2.24, 2.45) is 0 Å². The number of hydrogen-bond acceptors (Lipinski definition) is 3. The molecule has 1 amide bonds. The van der Waals surface area contributed by atoms with Gasteiger partial charge in [0.25, 0.3) is 5.91 Å². The van der Waals surface area contributed by atoms with Crippen LogP contribution in [0.25, 0.3) is 11.1 Å². The molecular formula is C17H14FNO5. The number of carboxylic acids is 2. The number of halogens is 1. The molecule has 124 valence electrons. The van der Waals surface area contributed by atoms with E-state index in [-0.39, 0.29) is 11.4 Å². The zero-order valence-corrected chi connectivity index (χ0v) is 12.4. The van der Waals surface area contributed by atoms with E-state index in [1.807, 2.05) is 0 Å². The SMILES string of the molecule is O=C(O)C[C@H](NC(=O)c1cccc(-c2ccc(F)cc2)c1)C(=O)O. The molecule has 3 N–H and O–H groups in total. The minimum atomic E-state index is -1.52. The molecule has 0 aliphatic heterocycles. The number of carboxylic acid groups (broad SMARTS) is 2.